The number of nitrogens with one attached hydrogen (secondary N) is 1. The predicted octanol–water partition coefficient (Wildman–Crippen LogP) is 1.37. The lowest BCUT2D eigenvalue weighted by atomic mass is 10.2. The number of aromatic nitrogens is 1. The van der Waals surface area contributed by atoms with Crippen molar-refractivity contribution < 1.29 is 9.90 Å². The number of carbonyl (C=O) groups excluding carboxylic acids is 1. The Labute approximate surface area is 111 Å². The molecule has 2 rings (SSSR count). The molecule has 1 amide bonds. The zero-order valence-corrected chi connectivity index (χ0v) is 10.6. The summed E-state index contributed by atoms with van der Waals surface area (Å²) in [6.07, 6.45) is 1.63. The summed E-state index contributed by atoms with van der Waals surface area (Å²) >= 11 is 0. The maximum atomic E-state index is 12.3. The number of aromatic amines is 1. The summed E-state index contributed by atoms with van der Waals surface area (Å²) in [5.74, 6) is -0.176. The Bertz CT molecular complexity index is 604. The topological polar surface area (TPSA) is 82.3 Å². The van der Waals surface area contributed by atoms with E-state index >= 15 is 0 Å². The molecular weight excluding hydrogens is 242 g/mol. The van der Waals surface area contributed by atoms with E-state index in [1.807, 2.05) is 12.1 Å². The number of nitrogens with two attached hydrogens (primary N) is 1. The molecule has 0 unspecified atom stereocenters. The molecule has 0 saturated heterocycles. The van der Waals surface area contributed by atoms with Crippen LogP contribution in [0.3, 0.4) is 0 Å². The lowest BCUT2D eigenvalue weighted by Crippen LogP contribution is -2.33. The number of carbonyl (C=O) groups is 1. The molecule has 0 spiro atoms. The Kier molecular flexibility index (Phi) is 3.87. The predicted molar refractivity (Wildman–Crippen MR) is 75.9 cm³/mol. The Morgan fingerprint density at radius 3 is 2.95 bits per heavy atom. The van der Waals surface area contributed by atoms with Crippen molar-refractivity contribution >= 4 is 22.5 Å². The molecule has 0 atom stereocenters. The highest BCUT2D eigenvalue weighted by molar-refractivity contribution is 6.00. The first-order chi connectivity index (χ1) is 9.17. The lowest BCUT2D eigenvalue weighted by molar-refractivity contribution is 0.0738. The van der Waals surface area contributed by atoms with E-state index in [0.29, 0.717) is 17.9 Å². The molecule has 0 radical (unpaired) electrons. The summed E-state index contributed by atoms with van der Waals surface area (Å²) in [5.41, 5.74) is 7.68. The molecule has 0 aliphatic rings. The first kappa shape index (κ1) is 13.2. The van der Waals surface area contributed by atoms with E-state index < -0.39 is 0 Å². The molecule has 0 aliphatic carbocycles. The largest absolute Gasteiger partial charge is 0.397 e. The van der Waals surface area contributed by atoms with Gasteiger partial charge in [-0.2, -0.15) is 0 Å². The molecule has 0 saturated carbocycles. The zero-order chi connectivity index (χ0) is 13.8. The quantitative estimate of drug-likeness (QED) is 0.560. The molecule has 0 fully saturated rings. The molecule has 2 aromatic rings. The summed E-state index contributed by atoms with van der Waals surface area (Å²) < 4.78 is 0. The number of hydrogen-bond acceptors (Lipinski definition) is 3. The van der Waals surface area contributed by atoms with Gasteiger partial charge in [-0.25, -0.2) is 0 Å². The van der Waals surface area contributed by atoms with E-state index in [1.165, 1.54) is 4.90 Å². The fourth-order valence-corrected chi connectivity index (χ4v) is 2.02. The standard InChI is InChI=1S/C14H17N3O2/c1-2-6-17(7-8-18)14(19)12-9-10-4-3-5-11(15)13(10)16-12/h2-5,9,16,18H,1,6-8,15H2. The number of nitrogens with zero attached hydrogens (tertiary/aromatic N) is 1. The van der Waals surface area contributed by atoms with Crippen LogP contribution in [0.2, 0.25) is 0 Å². The number of anilines is 1. The van der Waals surface area contributed by atoms with Gasteiger partial charge in [-0.1, -0.05) is 18.2 Å². The maximum Gasteiger partial charge on any atom is 0.270 e. The van der Waals surface area contributed by atoms with Crippen molar-refractivity contribution in [3.63, 3.8) is 0 Å². The molecule has 0 aliphatic heterocycles. The van der Waals surface area contributed by atoms with E-state index in [4.69, 9.17) is 10.8 Å². The summed E-state index contributed by atoms with van der Waals surface area (Å²) in [5, 5.41) is 9.88. The highest BCUT2D eigenvalue weighted by Gasteiger charge is 2.16. The van der Waals surface area contributed by atoms with Crippen LogP contribution >= 0.6 is 0 Å². The minimum absolute atomic E-state index is 0.0814. The molecule has 5 nitrogen and oxygen atoms in total. The van der Waals surface area contributed by atoms with Crippen molar-refractivity contribution in [3.05, 3.63) is 42.6 Å². The second-order valence-electron chi connectivity index (χ2n) is 4.26. The van der Waals surface area contributed by atoms with Gasteiger partial charge in [0.25, 0.3) is 5.91 Å². The summed E-state index contributed by atoms with van der Waals surface area (Å²) in [6.45, 7) is 4.20. The molecule has 1 aromatic carbocycles. The van der Waals surface area contributed by atoms with Crippen LogP contribution < -0.4 is 5.73 Å². The van der Waals surface area contributed by atoms with Crippen molar-refractivity contribution in [1.82, 2.24) is 9.88 Å². The number of aliphatic hydroxyl groups is 1. The minimum atomic E-state index is -0.176. The number of fused-ring (bicyclic) bond motifs is 1. The Balaban J connectivity index is 2.34. The van der Waals surface area contributed by atoms with E-state index in [2.05, 4.69) is 11.6 Å². The molecule has 100 valence electrons. The first-order valence-corrected chi connectivity index (χ1v) is 6.05. The van der Waals surface area contributed by atoms with E-state index in [-0.39, 0.29) is 19.1 Å². The van der Waals surface area contributed by atoms with Crippen molar-refractivity contribution in [2.75, 3.05) is 25.4 Å². The molecule has 1 heterocycles. The smallest absolute Gasteiger partial charge is 0.270 e. The third kappa shape index (κ3) is 2.61. The number of benzene rings is 1. The van der Waals surface area contributed by atoms with Gasteiger partial charge < -0.3 is 20.7 Å². The third-order valence-corrected chi connectivity index (χ3v) is 2.93. The van der Waals surface area contributed by atoms with Gasteiger partial charge >= 0.3 is 0 Å². The molecule has 4 N–H and O–H groups in total. The van der Waals surface area contributed by atoms with Crippen LogP contribution in [-0.2, 0) is 0 Å². The number of aliphatic hydroxyl groups excluding tert-OH is 1. The van der Waals surface area contributed by atoms with Crippen molar-refractivity contribution in [1.29, 1.82) is 0 Å². The van der Waals surface area contributed by atoms with Gasteiger partial charge in [0, 0.05) is 18.5 Å². The van der Waals surface area contributed by atoms with Crippen molar-refractivity contribution in [3.8, 4) is 0 Å². The van der Waals surface area contributed by atoms with Crippen molar-refractivity contribution in [2.45, 2.75) is 0 Å². The van der Waals surface area contributed by atoms with Gasteiger partial charge in [-0.3, -0.25) is 4.79 Å². The summed E-state index contributed by atoms with van der Waals surface area (Å²) in [4.78, 5) is 16.9. The van der Waals surface area contributed by atoms with E-state index in [1.54, 1.807) is 18.2 Å². The zero-order valence-electron chi connectivity index (χ0n) is 10.6. The highest BCUT2D eigenvalue weighted by Crippen LogP contribution is 2.21. The van der Waals surface area contributed by atoms with Gasteiger partial charge in [-0.05, 0) is 12.1 Å². The van der Waals surface area contributed by atoms with Crippen LogP contribution in [0.15, 0.2) is 36.9 Å². The molecular formula is C14H17N3O2. The average molecular weight is 259 g/mol. The molecule has 19 heavy (non-hydrogen) atoms. The third-order valence-electron chi connectivity index (χ3n) is 2.93. The number of para-hydroxylation sites is 1. The molecule has 5 heteroatoms. The molecule has 1 aromatic heterocycles. The normalized spacial score (nSPS) is 10.6. The Morgan fingerprint density at radius 1 is 1.53 bits per heavy atom. The van der Waals surface area contributed by atoms with Crippen LogP contribution in [0.4, 0.5) is 5.69 Å². The van der Waals surface area contributed by atoms with E-state index in [0.717, 1.165) is 10.9 Å². The lowest BCUT2D eigenvalue weighted by Gasteiger charge is -2.18. The van der Waals surface area contributed by atoms with Gasteiger partial charge in [0.1, 0.15) is 5.69 Å². The van der Waals surface area contributed by atoms with Crippen LogP contribution in [0, 0.1) is 0 Å². The SMILES string of the molecule is C=CCN(CCO)C(=O)c1cc2cccc(N)c2[nH]1. The van der Waals surface area contributed by atoms with Gasteiger partial charge in [-0.15, -0.1) is 6.58 Å². The Hall–Kier alpha value is -2.27. The molecule has 0 bridgehead atoms. The fourth-order valence-electron chi connectivity index (χ4n) is 2.02. The Morgan fingerprint density at radius 2 is 2.32 bits per heavy atom. The second kappa shape index (κ2) is 5.58. The van der Waals surface area contributed by atoms with Crippen LogP contribution in [-0.4, -0.2) is 40.6 Å². The van der Waals surface area contributed by atoms with Crippen LogP contribution in [0.1, 0.15) is 10.5 Å². The summed E-state index contributed by atoms with van der Waals surface area (Å²) in [6, 6.07) is 7.28. The number of H-pyrrole nitrogens is 1. The fraction of sp³-hybridized carbons (Fsp3) is 0.214. The van der Waals surface area contributed by atoms with Gasteiger partial charge in [0.2, 0.25) is 0 Å². The monoisotopic (exact) mass is 259 g/mol. The minimum Gasteiger partial charge on any atom is -0.397 e. The summed E-state index contributed by atoms with van der Waals surface area (Å²) in [7, 11) is 0. The van der Waals surface area contributed by atoms with E-state index in [9.17, 15) is 4.79 Å². The van der Waals surface area contributed by atoms with Crippen molar-refractivity contribution in [2.24, 2.45) is 0 Å². The number of rotatable bonds is 5. The second-order valence-corrected chi connectivity index (χ2v) is 4.26. The maximum absolute atomic E-state index is 12.3. The highest BCUT2D eigenvalue weighted by atomic mass is 16.3. The van der Waals surface area contributed by atoms with Gasteiger partial charge in [0.05, 0.1) is 17.8 Å². The van der Waals surface area contributed by atoms with Crippen LogP contribution in [0.5, 0.6) is 0 Å². The average Bonchev–Trinajstić information content (AvgIpc) is 2.83. The number of hydrogen-bond donors (Lipinski definition) is 3. The van der Waals surface area contributed by atoms with Gasteiger partial charge in [0.15, 0.2) is 0 Å². The van der Waals surface area contributed by atoms with Crippen LogP contribution in [0.25, 0.3) is 10.9 Å². The number of nitrogen functional groups attached to an aromatic ring is 1. The first-order valence-electron chi connectivity index (χ1n) is 6.05. The number of amides is 1.